The van der Waals surface area contributed by atoms with Gasteiger partial charge in [-0.1, -0.05) is 0 Å². The summed E-state index contributed by atoms with van der Waals surface area (Å²) in [6.07, 6.45) is 1.14. The molecule has 0 fully saturated rings. The molecule has 0 radical (unpaired) electrons. The molecule has 2 rings (SSSR count). The van der Waals surface area contributed by atoms with E-state index in [0.29, 0.717) is 22.4 Å². The van der Waals surface area contributed by atoms with Gasteiger partial charge in [-0.05, 0) is 55.0 Å². The Morgan fingerprint density at radius 3 is 2.27 bits per heavy atom. The number of carbonyl (C=O) groups is 1. The van der Waals surface area contributed by atoms with E-state index in [1.165, 1.54) is 6.07 Å². The zero-order valence-electron chi connectivity index (χ0n) is 12.1. The standard InChI is InChI=1S/C16H14N2O3S/c1-11-9-14(7-8-15(11)22(2,20)21)18-16(19)13-5-3-12(10-17)4-6-13/h3-9H,1-2H3,(H,18,19). The zero-order chi connectivity index (χ0) is 16.3. The average Bonchev–Trinajstić information content (AvgIpc) is 2.46. The van der Waals surface area contributed by atoms with Crippen LogP contribution in [0.1, 0.15) is 21.5 Å². The highest BCUT2D eigenvalue weighted by atomic mass is 32.2. The van der Waals surface area contributed by atoms with Crippen molar-refractivity contribution in [2.75, 3.05) is 11.6 Å². The Morgan fingerprint density at radius 1 is 1.14 bits per heavy atom. The molecule has 1 N–H and O–H groups in total. The number of aryl methyl sites for hydroxylation is 1. The molecular formula is C16H14N2O3S. The predicted molar refractivity (Wildman–Crippen MR) is 83.4 cm³/mol. The quantitative estimate of drug-likeness (QED) is 0.943. The molecule has 112 valence electrons. The molecule has 0 bridgehead atoms. The molecule has 0 spiro atoms. The van der Waals surface area contributed by atoms with E-state index in [2.05, 4.69) is 5.32 Å². The van der Waals surface area contributed by atoms with Crippen molar-refractivity contribution in [3.63, 3.8) is 0 Å². The zero-order valence-corrected chi connectivity index (χ0v) is 12.9. The third-order valence-corrected chi connectivity index (χ3v) is 4.37. The van der Waals surface area contributed by atoms with Crippen LogP contribution in [0, 0.1) is 18.3 Å². The highest BCUT2D eigenvalue weighted by Gasteiger charge is 2.12. The van der Waals surface area contributed by atoms with Crippen molar-refractivity contribution in [1.82, 2.24) is 0 Å². The van der Waals surface area contributed by atoms with Crippen molar-refractivity contribution in [2.45, 2.75) is 11.8 Å². The van der Waals surface area contributed by atoms with E-state index < -0.39 is 9.84 Å². The summed E-state index contributed by atoms with van der Waals surface area (Å²) in [6.45, 7) is 1.67. The topological polar surface area (TPSA) is 87.0 Å². The van der Waals surface area contributed by atoms with E-state index in [9.17, 15) is 13.2 Å². The second kappa shape index (κ2) is 6.00. The molecule has 0 atom stereocenters. The number of nitrogens with zero attached hydrogens (tertiary/aromatic N) is 1. The molecule has 0 aromatic heterocycles. The normalized spacial score (nSPS) is 10.8. The third kappa shape index (κ3) is 3.51. The van der Waals surface area contributed by atoms with E-state index in [0.717, 1.165) is 6.26 Å². The molecule has 0 saturated heterocycles. The number of carbonyl (C=O) groups excluding carboxylic acids is 1. The number of sulfone groups is 1. The number of rotatable bonds is 3. The Balaban J connectivity index is 2.22. The fourth-order valence-electron chi connectivity index (χ4n) is 2.04. The van der Waals surface area contributed by atoms with Gasteiger partial charge in [0, 0.05) is 17.5 Å². The van der Waals surface area contributed by atoms with Crippen LogP contribution in [0.2, 0.25) is 0 Å². The molecule has 0 aliphatic carbocycles. The van der Waals surface area contributed by atoms with Gasteiger partial charge in [0.25, 0.3) is 5.91 Å². The van der Waals surface area contributed by atoms with E-state index in [4.69, 9.17) is 5.26 Å². The summed E-state index contributed by atoms with van der Waals surface area (Å²) in [7, 11) is -3.28. The number of hydrogen-bond donors (Lipinski definition) is 1. The Bertz CT molecular complexity index is 863. The molecule has 1 amide bonds. The number of amides is 1. The third-order valence-electron chi connectivity index (χ3n) is 3.11. The number of nitrogens with one attached hydrogen (secondary N) is 1. The van der Waals surface area contributed by atoms with Crippen molar-refractivity contribution in [3.05, 3.63) is 59.2 Å². The lowest BCUT2D eigenvalue weighted by molar-refractivity contribution is 0.102. The number of nitriles is 1. The molecule has 22 heavy (non-hydrogen) atoms. The van der Waals surface area contributed by atoms with Gasteiger partial charge in [-0.3, -0.25) is 4.79 Å². The summed E-state index contributed by atoms with van der Waals surface area (Å²) in [4.78, 5) is 12.3. The summed E-state index contributed by atoms with van der Waals surface area (Å²) in [5, 5.41) is 11.4. The fourth-order valence-corrected chi connectivity index (χ4v) is 3.00. The highest BCUT2D eigenvalue weighted by molar-refractivity contribution is 7.90. The summed E-state index contributed by atoms with van der Waals surface area (Å²) in [5.74, 6) is -0.323. The molecule has 2 aromatic carbocycles. The minimum Gasteiger partial charge on any atom is -0.322 e. The molecule has 2 aromatic rings. The minimum absolute atomic E-state index is 0.240. The van der Waals surface area contributed by atoms with Gasteiger partial charge < -0.3 is 5.32 Å². The Kier molecular flexibility index (Phi) is 4.29. The van der Waals surface area contributed by atoms with Crippen LogP contribution >= 0.6 is 0 Å². The van der Waals surface area contributed by atoms with E-state index in [1.54, 1.807) is 43.3 Å². The highest BCUT2D eigenvalue weighted by Crippen LogP contribution is 2.20. The van der Waals surface area contributed by atoms with Crippen LogP contribution in [0.25, 0.3) is 0 Å². The molecular weight excluding hydrogens is 300 g/mol. The van der Waals surface area contributed by atoms with Gasteiger partial charge in [-0.15, -0.1) is 0 Å². The van der Waals surface area contributed by atoms with Crippen LogP contribution in [-0.4, -0.2) is 20.6 Å². The van der Waals surface area contributed by atoms with Crippen LogP contribution in [-0.2, 0) is 9.84 Å². The molecule has 0 aliphatic heterocycles. The maximum absolute atomic E-state index is 12.1. The van der Waals surface area contributed by atoms with Gasteiger partial charge in [0.15, 0.2) is 9.84 Å². The molecule has 0 unspecified atom stereocenters. The van der Waals surface area contributed by atoms with Crippen LogP contribution in [0.15, 0.2) is 47.4 Å². The van der Waals surface area contributed by atoms with Gasteiger partial charge >= 0.3 is 0 Å². The fraction of sp³-hybridized carbons (Fsp3) is 0.125. The maximum atomic E-state index is 12.1. The van der Waals surface area contributed by atoms with Crippen LogP contribution in [0.5, 0.6) is 0 Å². The summed E-state index contributed by atoms with van der Waals surface area (Å²) >= 11 is 0. The van der Waals surface area contributed by atoms with Crippen molar-refractivity contribution < 1.29 is 13.2 Å². The molecule has 5 nitrogen and oxygen atoms in total. The monoisotopic (exact) mass is 314 g/mol. The second-order valence-electron chi connectivity index (χ2n) is 4.90. The first-order valence-electron chi connectivity index (χ1n) is 6.43. The van der Waals surface area contributed by atoms with Crippen molar-refractivity contribution >= 4 is 21.4 Å². The smallest absolute Gasteiger partial charge is 0.255 e. The predicted octanol–water partition coefficient (Wildman–Crippen LogP) is 2.52. The molecule has 6 heteroatoms. The van der Waals surface area contributed by atoms with E-state index >= 15 is 0 Å². The maximum Gasteiger partial charge on any atom is 0.255 e. The molecule has 0 heterocycles. The molecule has 0 saturated carbocycles. The number of anilines is 1. The SMILES string of the molecule is Cc1cc(NC(=O)c2ccc(C#N)cc2)ccc1S(C)(=O)=O. The van der Waals surface area contributed by atoms with E-state index in [1.807, 2.05) is 6.07 Å². The first kappa shape index (κ1) is 15.7. The van der Waals surface area contributed by atoms with Gasteiger partial charge in [0.05, 0.1) is 16.5 Å². The Labute approximate surface area is 129 Å². The van der Waals surface area contributed by atoms with Crippen LogP contribution in [0.3, 0.4) is 0 Å². The Morgan fingerprint density at radius 2 is 1.77 bits per heavy atom. The largest absolute Gasteiger partial charge is 0.322 e. The van der Waals surface area contributed by atoms with Crippen LogP contribution in [0.4, 0.5) is 5.69 Å². The summed E-state index contributed by atoms with van der Waals surface area (Å²) < 4.78 is 23.1. The molecule has 0 aliphatic rings. The number of benzene rings is 2. The van der Waals surface area contributed by atoms with Crippen molar-refractivity contribution in [3.8, 4) is 6.07 Å². The first-order valence-corrected chi connectivity index (χ1v) is 8.32. The van der Waals surface area contributed by atoms with Gasteiger partial charge in [-0.2, -0.15) is 5.26 Å². The summed E-state index contributed by atoms with van der Waals surface area (Å²) in [6, 6.07) is 12.9. The first-order chi connectivity index (χ1) is 10.3. The van der Waals surface area contributed by atoms with Crippen molar-refractivity contribution in [1.29, 1.82) is 5.26 Å². The lowest BCUT2D eigenvalue weighted by Gasteiger charge is -2.09. The second-order valence-corrected chi connectivity index (χ2v) is 6.88. The number of hydrogen-bond acceptors (Lipinski definition) is 4. The van der Waals surface area contributed by atoms with Gasteiger partial charge in [0.1, 0.15) is 0 Å². The minimum atomic E-state index is -3.28. The Hall–Kier alpha value is -2.65. The lowest BCUT2D eigenvalue weighted by Crippen LogP contribution is -2.12. The lowest BCUT2D eigenvalue weighted by atomic mass is 10.1. The van der Waals surface area contributed by atoms with Gasteiger partial charge in [-0.25, -0.2) is 8.42 Å². The summed E-state index contributed by atoms with van der Waals surface area (Å²) in [5.41, 5.74) is 1.98. The van der Waals surface area contributed by atoms with Crippen molar-refractivity contribution in [2.24, 2.45) is 0 Å². The average molecular weight is 314 g/mol. The van der Waals surface area contributed by atoms with Gasteiger partial charge in [0.2, 0.25) is 0 Å². The van der Waals surface area contributed by atoms with E-state index in [-0.39, 0.29) is 10.8 Å². The van der Waals surface area contributed by atoms with Crippen LogP contribution < -0.4 is 5.32 Å².